The molecule has 0 aliphatic carbocycles. The molecular weight excluding hydrogens is 366 g/mol. The number of imide groups is 1. The van der Waals surface area contributed by atoms with Gasteiger partial charge in [0.2, 0.25) is 0 Å². The van der Waals surface area contributed by atoms with Crippen molar-refractivity contribution in [1.29, 1.82) is 0 Å². The first kappa shape index (κ1) is 17.0. The van der Waals surface area contributed by atoms with Gasteiger partial charge in [-0.2, -0.15) is 0 Å². The Kier molecular flexibility index (Phi) is 4.25. The minimum atomic E-state index is -0.849. The number of benzene rings is 3. The number of hydrogen-bond donors (Lipinski definition) is 1. The van der Waals surface area contributed by atoms with Gasteiger partial charge in [-0.1, -0.05) is 42.5 Å². The van der Waals surface area contributed by atoms with Gasteiger partial charge in [0.1, 0.15) is 0 Å². The first-order valence-electron chi connectivity index (χ1n) is 8.08. The van der Waals surface area contributed by atoms with Crippen LogP contribution in [0.25, 0.3) is 10.8 Å². The summed E-state index contributed by atoms with van der Waals surface area (Å²) >= 11 is 0.851. The number of anilines is 2. The highest BCUT2D eigenvalue weighted by atomic mass is 32.2. The summed E-state index contributed by atoms with van der Waals surface area (Å²) in [5.41, 5.74) is 0.842. The Morgan fingerprint density at radius 1 is 1.00 bits per heavy atom. The molecule has 1 N–H and O–H groups in total. The molecule has 1 atom stereocenters. The van der Waals surface area contributed by atoms with E-state index in [2.05, 4.69) is 5.32 Å². The fourth-order valence-corrected chi connectivity index (χ4v) is 3.88. The van der Waals surface area contributed by atoms with Gasteiger partial charge in [0, 0.05) is 23.2 Å². The molecule has 8 heteroatoms. The Morgan fingerprint density at radius 3 is 2.56 bits per heavy atom. The van der Waals surface area contributed by atoms with Crippen molar-refractivity contribution >= 4 is 50.7 Å². The Labute approximate surface area is 158 Å². The summed E-state index contributed by atoms with van der Waals surface area (Å²) in [6.07, 6.45) is 0. The number of nitro benzene ring substituents is 1. The zero-order chi connectivity index (χ0) is 19.0. The molecule has 1 aliphatic heterocycles. The smallest absolute Gasteiger partial charge is 0.295 e. The minimum absolute atomic E-state index is 0.0901. The summed E-state index contributed by atoms with van der Waals surface area (Å²) in [7, 11) is 0. The normalized spacial score (nSPS) is 16.7. The molecule has 1 saturated heterocycles. The summed E-state index contributed by atoms with van der Waals surface area (Å²) in [5, 5.41) is 14.3. The quantitative estimate of drug-likeness (QED) is 0.534. The Balaban J connectivity index is 1.64. The number of nitrogens with zero attached hydrogens (tertiary/aromatic N) is 2. The SMILES string of the molecule is O=C1SC(Nc2cccc([N+](=O)[O-])c2)C(=O)N1c1cccc2ccccc12. The molecule has 1 unspecified atom stereocenters. The number of amides is 2. The third-order valence-electron chi connectivity index (χ3n) is 4.21. The van der Waals surface area contributed by atoms with Gasteiger partial charge in [0.05, 0.1) is 10.6 Å². The maximum atomic E-state index is 12.9. The molecule has 3 aromatic carbocycles. The largest absolute Gasteiger partial charge is 0.365 e. The summed E-state index contributed by atoms with van der Waals surface area (Å²) in [6.45, 7) is 0. The molecule has 1 fully saturated rings. The fraction of sp³-hybridized carbons (Fsp3) is 0.0526. The molecule has 7 nitrogen and oxygen atoms in total. The van der Waals surface area contributed by atoms with Crippen molar-refractivity contribution in [3.63, 3.8) is 0 Å². The molecule has 0 aromatic heterocycles. The van der Waals surface area contributed by atoms with E-state index in [1.807, 2.05) is 30.3 Å². The molecule has 1 heterocycles. The summed E-state index contributed by atoms with van der Waals surface area (Å²) < 4.78 is 0. The number of nitrogens with one attached hydrogen (secondary N) is 1. The van der Waals surface area contributed by atoms with Crippen LogP contribution in [-0.4, -0.2) is 21.4 Å². The number of carbonyl (C=O) groups excluding carboxylic acids is 2. The van der Waals surface area contributed by atoms with Crippen LogP contribution in [0.4, 0.5) is 21.9 Å². The maximum absolute atomic E-state index is 12.9. The third kappa shape index (κ3) is 3.11. The van der Waals surface area contributed by atoms with E-state index in [0.717, 1.165) is 27.4 Å². The van der Waals surface area contributed by atoms with Crippen LogP contribution in [0.1, 0.15) is 0 Å². The van der Waals surface area contributed by atoms with Crippen LogP contribution < -0.4 is 10.2 Å². The van der Waals surface area contributed by atoms with Crippen molar-refractivity contribution in [2.24, 2.45) is 0 Å². The van der Waals surface area contributed by atoms with Crippen LogP contribution in [0.5, 0.6) is 0 Å². The lowest BCUT2D eigenvalue weighted by atomic mass is 10.1. The number of hydrogen-bond acceptors (Lipinski definition) is 6. The first-order valence-corrected chi connectivity index (χ1v) is 8.96. The average Bonchev–Trinajstić information content (AvgIpc) is 2.94. The van der Waals surface area contributed by atoms with Gasteiger partial charge < -0.3 is 5.32 Å². The number of nitro groups is 1. The molecule has 0 bridgehead atoms. The molecule has 134 valence electrons. The molecule has 27 heavy (non-hydrogen) atoms. The monoisotopic (exact) mass is 379 g/mol. The number of thioether (sulfide) groups is 1. The predicted molar refractivity (Wildman–Crippen MR) is 105 cm³/mol. The Morgan fingerprint density at radius 2 is 1.74 bits per heavy atom. The van der Waals surface area contributed by atoms with Crippen molar-refractivity contribution in [2.75, 3.05) is 10.2 Å². The highest BCUT2D eigenvalue weighted by Crippen LogP contribution is 2.36. The van der Waals surface area contributed by atoms with Crippen LogP contribution in [0.15, 0.2) is 66.7 Å². The Bertz CT molecular complexity index is 1080. The van der Waals surface area contributed by atoms with Crippen molar-refractivity contribution < 1.29 is 14.5 Å². The van der Waals surface area contributed by atoms with E-state index < -0.39 is 16.2 Å². The second-order valence-electron chi connectivity index (χ2n) is 5.89. The zero-order valence-corrected chi connectivity index (χ0v) is 14.7. The molecule has 0 saturated carbocycles. The summed E-state index contributed by atoms with van der Waals surface area (Å²) in [5.74, 6) is -0.409. The van der Waals surface area contributed by atoms with Crippen molar-refractivity contribution in [1.82, 2.24) is 0 Å². The third-order valence-corrected chi connectivity index (χ3v) is 5.15. The van der Waals surface area contributed by atoms with Crippen LogP contribution in [-0.2, 0) is 4.79 Å². The average molecular weight is 379 g/mol. The second kappa shape index (κ2) is 6.73. The Hall–Kier alpha value is -3.39. The van der Waals surface area contributed by atoms with Gasteiger partial charge in [-0.3, -0.25) is 19.7 Å². The molecule has 3 aromatic rings. The summed E-state index contributed by atoms with van der Waals surface area (Å²) in [6, 6.07) is 18.8. The van der Waals surface area contributed by atoms with Gasteiger partial charge in [0.25, 0.3) is 16.8 Å². The van der Waals surface area contributed by atoms with E-state index >= 15 is 0 Å². The van der Waals surface area contributed by atoms with Crippen molar-refractivity contribution in [2.45, 2.75) is 5.37 Å². The molecule has 0 radical (unpaired) electrons. The first-order chi connectivity index (χ1) is 13.0. The van der Waals surface area contributed by atoms with E-state index in [-0.39, 0.29) is 10.9 Å². The highest BCUT2D eigenvalue weighted by Gasteiger charge is 2.41. The van der Waals surface area contributed by atoms with Crippen LogP contribution in [0.3, 0.4) is 0 Å². The topological polar surface area (TPSA) is 92.5 Å². The van der Waals surface area contributed by atoms with Gasteiger partial charge in [-0.15, -0.1) is 0 Å². The van der Waals surface area contributed by atoms with Crippen LogP contribution in [0, 0.1) is 10.1 Å². The minimum Gasteiger partial charge on any atom is -0.365 e. The van der Waals surface area contributed by atoms with E-state index in [9.17, 15) is 19.7 Å². The van der Waals surface area contributed by atoms with E-state index in [4.69, 9.17) is 0 Å². The van der Waals surface area contributed by atoms with Crippen LogP contribution >= 0.6 is 11.8 Å². The predicted octanol–water partition coefficient (Wildman–Crippen LogP) is 4.39. The van der Waals surface area contributed by atoms with Gasteiger partial charge in [0.15, 0.2) is 5.37 Å². The zero-order valence-electron chi connectivity index (χ0n) is 13.9. The van der Waals surface area contributed by atoms with Crippen molar-refractivity contribution in [3.05, 3.63) is 76.8 Å². The fourth-order valence-electron chi connectivity index (χ4n) is 2.98. The lowest BCUT2D eigenvalue weighted by Crippen LogP contribution is -2.34. The van der Waals surface area contributed by atoms with Gasteiger partial charge in [-0.25, -0.2) is 4.90 Å². The number of fused-ring (bicyclic) bond motifs is 1. The lowest BCUT2D eigenvalue weighted by molar-refractivity contribution is -0.384. The van der Waals surface area contributed by atoms with E-state index in [1.165, 1.54) is 18.2 Å². The van der Waals surface area contributed by atoms with Gasteiger partial charge >= 0.3 is 0 Å². The van der Waals surface area contributed by atoms with E-state index in [1.54, 1.807) is 18.2 Å². The maximum Gasteiger partial charge on any atom is 0.295 e. The van der Waals surface area contributed by atoms with E-state index in [0.29, 0.717) is 11.4 Å². The lowest BCUT2D eigenvalue weighted by Gasteiger charge is -2.17. The van der Waals surface area contributed by atoms with Gasteiger partial charge in [-0.05, 0) is 29.3 Å². The molecule has 4 rings (SSSR count). The molecule has 1 aliphatic rings. The second-order valence-corrected chi connectivity index (χ2v) is 6.94. The van der Waals surface area contributed by atoms with Crippen LogP contribution in [0.2, 0.25) is 0 Å². The van der Waals surface area contributed by atoms with Crippen molar-refractivity contribution in [3.8, 4) is 0 Å². The number of non-ortho nitro benzene ring substituents is 1. The molecule has 2 amide bonds. The standard InChI is InChI=1S/C19H13N3O4S/c23-18-17(20-13-7-4-8-14(11-13)22(25)26)27-19(24)21(18)16-10-3-6-12-5-1-2-9-15(12)16/h1-11,17,20H. The molecule has 0 spiro atoms. The number of carbonyl (C=O) groups is 2. The number of rotatable bonds is 4. The summed E-state index contributed by atoms with van der Waals surface area (Å²) in [4.78, 5) is 37.0. The molecular formula is C19H13N3O4S. The highest BCUT2D eigenvalue weighted by molar-refractivity contribution is 8.16.